The number of hydrogen-bond donors (Lipinski definition) is 1. The topological polar surface area (TPSA) is 64.3 Å². The molecule has 0 spiro atoms. The van der Waals surface area contributed by atoms with E-state index in [9.17, 15) is 0 Å². The second-order valence-electron chi connectivity index (χ2n) is 3.68. The van der Waals surface area contributed by atoms with Crippen molar-refractivity contribution in [3.63, 3.8) is 0 Å². The highest BCUT2D eigenvalue weighted by Crippen LogP contribution is 2.20. The minimum absolute atomic E-state index is 0.554. The Balaban J connectivity index is 2.99. The third-order valence-electron chi connectivity index (χ3n) is 2.52. The lowest BCUT2D eigenvalue weighted by Crippen LogP contribution is -2.29. The van der Waals surface area contributed by atoms with Gasteiger partial charge >= 0.3 is 0 Å². The molecule has 0 aliphatic heterocycles. The summed E-state index contributed by atoms with van der Waals surface area (Å²) in [5, 5.41) is 0. The van der Waals surface area contributed by atoms with E-state index in [2.05, 4.69) is 21.8 Å². The summed E-state index contributed by atoms with van der Waals surface area (Å²) >= 11 is 0. The molecular formula is C11H20N4O. The molecule has 0 saturated heterocycles. The van der Waals surface area contributed by atoms with Crippen LogP contribution in [0.15, 0.2) is 0 Å². The molecule has 16 heavy (non-hydrogen) atoms. The fourth-order valence-corrected chi connectivity index (χ4v) is 1.56. The molecule has 1 aromatic heterocycles. The Morgan fingerprint density at radius 2 is 2.00 bits per heavy atom. The number of methoxy groups -OCH3 is 1. The van der Waals surface area contributed by atoms with E-state index in [1.807, 2.05) is 13.8 Å². The van der Waals surface area contributed by atoms with Crippen LogP contribution in [0, 0.1) is 13.8 Å². The van der Waals surface area contributed by atoms with Crippen LogP contribution >= 0.6 is 0 Å². The van der Waals surface area contributed by atoms with E-state index in [1.165, 1.54) is 0 Å². The molecule has 5 nitrogen and oxygen atoms in total. The average Bonchev–Trinajstić information content (AvgIpc) is 2.25. The van der Waals surface area contributed by atoms with Gasteiger partial charge in [0.25, 0.3) is 0 Å². The zero-order chi connectivity index (χ0) is 12.1. The van der Waals surface area contributed by atoms with Crippen molar-refractivity contribution in [1.82, 2.24) is 9.97 Å². The summed E-state index contributed by atoms with van der Waals surface area (Å²) in [5.41, 5.74) is 6.77. The number of hydrogen-bond acceptors (Lipinski definition) is 5. The van der Waals surface area contributed by atoms with E-state index >= 15 is 0 Å². The van der Waals surface area contributed by atoms with Crippen molar-refractivity contribution in [2.24, 2.45) is 0 Å². The van der Waals surface area contributed by atoms with Gasteiger partial charge in [0.2, 0.25) is 0 Å². The highest BCUT2D eigenvalue weighted by atomic mass is 16.5. The van der Waals surface area contributed by atoms with E-state index in [0.717, 1.165) is 24.5 Å². The summed E-state index contributed by atoms with van der Waals surface area (Å²) in [4.78, 5) is 10.7. The van der Waals surface area contributed by atoms with Crippen LogP contribution < -0.4 is 10.6 Å². The van der Waals surface area contributed by atoms with Gasteiger partial charge in [-0.25, -0.2) is 9.97 Å². The van der Waals surface area contributed by atoms with Crippen molar-refractivity contribution < 1.29 is 4.74 Å². The first-order chi connectivity index (χ1) is 7.60. The standard InChI is InChI=1S/C11H20N4O/c1-5-15(6-7-16-4)11-8(2)10(12)13-9(3)14-11/h5-7H2,1-4H3,(H2,12,13,14). The fourth-order valence-electron chi connectivity index (χ4n) is 1.56. The highest BCUT2D eigenvalue weighted by Gasteiger charge is 2.12. The Morgan fingerprint density at radius 1 is 1.31 bits per heavy atom. The van der Waals surface area contributed by atoms with Crippen LogP contribution in [0.1, 0.15) is 18.3 Å². The number of rotatable bonds is 5. The lowest BCUT2D eigenvalue weighted by Gasteiger charge is -2.23. The number of likely N-dealkylation sites (N-methyl/N-ethyl adjacent to an activating group) is 1. The van der Waals surface area contributed by atoms with E-state index in [4.69, 9.17) is 10.5 Å². The molecule has 0 aliphatic rings. The number of nitrogens with two attached hydrogens (primary N) is 1. The predicted molar refractivity (Wildman–Crippen MR) is 65.7 cm³/mol. The van der Waals surface area contributed by atoms with Crippen LogP contribution in [0.3, 0.4) is 0 Å². The van der Waals surface area contributed by atoms with Gasteiger partial charge in [0, 0.05) is 25.8 Å². The number of anilines is 2. The van der Waals surface area contributed by atoms with Crippen molar-refractivity contribution in [3.05, 3.63) is 11.4 Å². The fraction of sp³-hybridized carbons (Fsp3) is 0.636. The lowest BCUT2D eigenvalue weighted by atomic mass is 10.3. The molecule has 1 heterocycles. The smallest absolute Gasteiger partial charge is 0.137 e. The molecule has 0 aliphatic carbocycles. The van der Waals surface area contributed by atoms with Crippen LogP contribution in [0.5, 0.6) is 0 Å². The summed E-state index contributed by atoms with van der Waals surface area (Å²) in [6, 6.07) is 0. The van der Waals surface area contributed by atoms with Crippen LogP contribution in [0.25, 0.3) is 0 Å². The first-order valence-electron chi connectivity index (χ1n) is 5.44. The van der Waals surface area contributed by atoms with Crippen molar-refractivity contribution in [2.45, 2.75) is 20.8 Å². The first-order valence-corrected chi connectivity index (χ1v) is 5.44. The number of aryl methyl sites for hydroxylation is 1. The molecule has 0 fully saturated rings. The monoisotopic (exact) mass is 224 g/mol. The molecule has 1 rings (SSSR count). The van der Waals surface area contributed by atoms with Crippen LogP contribution in [-0.4, -0.2) is 36.8 Å². The van der Waals surface area contributed by atoms with Gasteiger partial charge in [0.05, 0.1) is 6.61 Å². The lowest BCUT2D eigenvalue weighted by molar-refractivity contribution is 0.205. The van der Waals surface area contributed by atoms with Crippen molar-refractivity contribution in [2.75, 3.05) is 37.4 Å². The normalized spacial score (nSPS) is 10.5. The largest absolute Gasteiger partial charge is 0.383 e. The third kappa shape index (κ3) is 2.82. The molecule has 0 amide bonds. The second-order valence-corrected chi connectivity index (χ2v) is 3.68. The molecule has 1 aromatic rings. The Bertz CT molecular complexity index is 354. The quantitative estimate of drug-likeness (QED) is 0.812. The van der Waals surface area contributed by atoms with Crippen molar-refractivity contribution in [3.8, 4) is 0 Å². The van der Waals surface area contributed by atoms with Crippen molar-refractivity contribution in [1.29, 1.82) is 0 Å². The SMILES string of the molecule is CCN(CCOC)c1nc(C)nc(N)c1C. The molecule has 90 valence electrons. The Hall–Kier alpha value is -1.36. The van der Waals surface area contributed by atoms with Gasteiger partial charge in [-0.15, -0.1) is 0 Å². The second kappa shape index (κ2) is 5.65. The highest BCUT2D eigenvalue weighted by molar-refractivity contribution is 5.56. The molecule has 0 bridgehead atoms. The minimum Gasteiger partial charge on any atom is -0.383 e. The molecule has 0 unspecified atom stereocenters. The molecule has 0 aromatic carbocycles. The minimum atomic E-state index is 0.554. The summed E-state index contributed by atoms with van der Waals surface area (Å²) in [7, 11) is 1.69. The average molecular weight is 224 g/mol. The Labute approximate surface area is 96.6 Å². The molecule has 0 saturated carbocycles. The van der Waals surface area contributed by atoms with Gasteiger partial charge in [-0.2, -0.15) is 0 Å². The number of nitrogens with zero attached hydrogens (tertiary/aromatic N) is 3. The summed E-state index contributed by atoms with van der Waals surface area (Å²) in [5.74, 6) is 2.16. The Kier molecular flexibility index (Phi) is 4.49. The van der Waals surface area contributed by atoms with Gasteiger partial charge < -0.3 is 15.4 Å². The van der Waals surface area contributed by atoms with E-state index in [1.54, 1.807) is 7.11 Å². The molecular weight excluding hydrogens is 204 g/mol. The summed E-state index contributed by atoms with van der Waals surface area (Å²) < 4.78 is 5.08. The summed E-state index contributed by atoms with van der Waals surface area (Å²) in [6.07, 6.45) is 0. The maximum absolute atomic E-state index is 5.83. The van der Waals surface area contributed by atoms with Crippen LogP contribution in [-0.2, 0) is 4.74 Å². The van der Waals surface area contributed by atoms with Crippen LogP contribution in [0.2, 0.25) is 0 Å². The number of ether oxygens (including phenoxy) is 1. The zero-order valence-corrected chi connectivity index (χ0v) is 10.4. The molecule has 5 heteroatoms. The van der Waals surface area contributed by atoms with Gasteiger partial charge in [0.15, 0.2) is 0 Å². The van der Waals surface area contributed by atoms with Gasteiger partial charge in [-0.1, -0.05) is 0 Å². The zero-order valence-electron chi connectivity index (χ0n) is 10.4. The van der Waals surface area contributed by atoms with Gasteiger partial charge in [0.1, 0.15) is 17.5 Å². The first kappa shape index (κ1) is 12.7. The van der Waals surface area contributed by atoms with Gasteiger partial charge in [-0.3, -0.25) is 0 Å². The van der Waals surface area contributed by atoms with Crippen molar-refractivity contribution >= 4 is 11.6 Å². The van der Waals surface area contributed by atoms with E-state index in [0.29, 0.717) is 18.2 Å². The third-order valence-corrected chi connectivity index (χ3v) is 2.52. The van der Waals surface area contributed by atoms with Gasteiger partial charge in [-0.05, 0) is 20.8 Å². The molecule has 0 atom stereocenters. The maximum atomic E-state index is 5.83. The van der Waals surface area contributed by atoms with E-state index in [-0.39, 0.29) is 0 Å². The Morgan fingerprint density at radius 3 is 2.56 bits per heavy atom. The maximum Gasteiger partial charge on any atom is 0.137 e. The number of nitrogen functional groups attached to an aromatic ring is 1. The molecule has 0 radical (unpaired) electrons. The van der Waals surface area contributed by atoms with Crippen LogP contribution in [0.4, 0.5) is 11.6 Å². The molecule has 2 N–H and O–H groups in total. The summed E-state index contributed by atoms with van der Waals surface area (Å²) in [6.45, 7) is 8.24. The van der Waals surface area contributed by atoms with E-state index < -0.39 is 0 Å². The predicted octanol–water partition coefficient (Wildman–Crippen LogP) is 1.15. The number of aromatic nitrogens is 2.